The Hall–Kier alpha value is -0.340. The molecule has 0 rings (SSSR count). The summed E-state index contributed by atoms with van der Waals surface area (Å²) in [5.74, 6) is -0.744. The van der Waals surface area contributed by atoms with Gasteiger partial charge in [0.2, 0.25) is 0 Å². The lowest BCUT2D eigenvalue weighted by Gasteiger charge is -2.05. The minimum Gasteiger partial charge on any atom is -0.393 e. The van der Waals surface area contributed by atoms with E-state index in [2.05, 4.69) is 9.05 Å². The first kappa shape index (κ1) is 10.7. The zero-order valence-corrected chi connectivity index (χ0v) is 7.92. The lowest BCUT2D eigenvalue weighted by atomic mass is 10.2. The largest absolute Gasteiger partial charge is 0.393 e. The van der Waals surface area contributed by atoms with E-state index in [1.807, 2.05) is 0 Å². The van der Waals surface area contributed by atoms with E-state index in [1.165, 1.54) is 0 Å². The first-order chi connectivity index (χ1) is 5.07. The van der Waals surface area contributed by atoms with Gasteiger partial charge in [0.05, 0.1) is 12.5 Å². The highest BCUT2D eigenvalue weighted by molar-refractivity contribution is 7.34. The second kappa shape index (κ2) is 5.33. The minimum absolute atomic E-state index is 0.260. The molecule has 0 aromatic carbocycles. The van der Waals surface area contributed by atoms with Crippen molar-refractivity contribution in [3.05, 3.63) is 0 Å². The molecule has 4 nitrogen and oxygen atoms in total. The van der Waals surface area contributed by atoms with Gasteiger partial charge in [-0.3, -0.25) is 4.79 Å². The molecular formula is C6H13O4P. The molecule has 0 aromatic rings. The van der Waals surface area contributed by atoms with Crippen molar-refractivity contribution in [2.24, 2.45) is 5.92 Å². The highest BCUT2D eigenvalue weighted by Crippen LogP contribution is 2.24. The summed E-state index contributed by atoms with van der Waals surface area (Å²) in [5, 5.41) is 0. The molecule has 0 spiro atoms. The van der Waals surface area contributed by atoms with E-state index in [4.69, 9.17) is 0 Å². The Morgan fingerprint density at radius 3 is 2.45 bits per heavy atom. The molecule has 0 aliphatic carbocycles. The fourth-order valence-corrected chi connectivity index (χ4v) is 1.04. The fourth-order valence-electron chi connectivity index (χ4n) is 0.347. The van der Waals surface area contributed by atoms with Gasteiger partial charge in [-0.1, -0.05) is 13.8 Å². The van der Waals surface area contributed by atoms with Crippen molar-refractivity contribution in [3.63, 3.8) is 0 Å². The Labute approximate surface area is 66.8 Å². The lowest BCUT2D eigenvalue weighted by molar-refractivity contribution is -0.137. The Balaban J connectivity index is 3.67. The molecule has 0 bridgehead atoms. The average molecular weight is 180 g/mol. The maximum Gasteiger partial charge on any atom is 0.369 e. The van der Waals surface area contributed by atoms with Gasteiger partial charge in [0.15, 0.2) is 0 Å². The summed E-state index contributed by atoms with van der Waals surface area (Å²) in [5.41, 5.74) is 0. The van der Waals surface area contributed by atoms with Gasteiger partial charge in [-0.2, -0.15) is 0 Å². The van der Waals surface area contributed by atoms with Crippen LogP contribution in [0.1, 0.15) is 20.8 Å². The highest BCUT2D eigenvalue weighted by Gasteiger charge is 2.11. The normalized spacial score (nSPS) is 13.1. The SMILES string of the molecule is CCO[PH](=O)OC(=O)C(C)C. The quantitative estimate of drug-likeness (QED) is 0.616. The van der Waals surface area contributed by atoms with Crippen LogP contribution in [0.15, 0.2) is 0 Å². The lowest BCUT2D eigenvalue weighted by Crippen LogP contribution is -2.07. The molecule has 0 N–H and O–H groups in total. The molecule has 0 aromatic heterocycles. The van der Waals surface area contributed by atoms with Gasteiger partial charge < -0.3 is 9.05 Å². The first-order valence-electron chi connectivity index (χ1n) is 3.46. The molecular weight excluding hydrogens is 167 g/mol. The average Bonchev–Trinajstić information content (AvgIpc) is 1.87. The van der Waals surface area contributed by atoms with Crippen molar-refractivity contribution in [2.45, 2.75) is 20.8 Å². The maximum absolute atomic E-state index is 10.8. The van der Waals surface area contributed by atoms with Crippen molar-refractivity contribution in [3.8, 4) is 0 Å². The Bertz CT molecular complexity index is 155. The van der Waals surface area contributed by atoms with Crippen LogP contribution >= 0.6 is 8.25 Å². The molecule has 66 valence electrons. The van der Waals surface area contributed by atoms with Gasteiger partial charge in [0, 0.05) is 0 Å². The van der Waals surface area contributed by atoms with Crippen LogP contribution < -0.4 is 0 Å². The molecule has 0 radical (unpaired) electrons. The Kier molecular flexibility index (Phi) is 5.16. The number of carbonyl (C=O) groups excluding carboxylic acids is 1. The summed E-state index contributed by atoms with van der Waals surface area (Å²) < 4.78 is 19.7. The molecule has 0 amide bonds. The van der Waals surface area contributed by atoms with Gasteiger partial charge in [0.25, 0.3) is 0 Å². The van der Waals surface area contributed by atoms with Crippen LogP contribution in [0.5, 0.6) is 0 Å². The van der Waals surface area contributed by atoms with Crippen molar-refractivity contribution in [2.75, 3.05) is 6.61 Å². The van der Waals surface area contributed by atoms with E-state index in [0.717, 1.165) is 0 Å². The monoisotopic (exact) mass is 180 g/mol. The molecule has 0 heterocycles. The van der Waals surface area contributed by atoms with Crippen molar-refractivity contribution < 1.29 is 18.4 Å². The topological polar surface area (TPSA) is 52.6 Å². The molecule has 0 fully saturated rings. The third-order valence-electron chi connectivity index (χ3n) is 0.918. The third kappa shape index (κ3) is 4.99. The van der Waals surface area contributed by atoms with E-state index >= 15 is 0 Å². The Morgan fingerprint density at radius 2 is 2.09 bits per heavy atom. The maximum atomic E-state index is 10.8. The second-order valence-corrected chi connectivity index (χ2v) is 3.25. The van der Waals surface area contributed by atoms with Crippen LogP contribution in [0.4, 0.5) is 0 Å². The van der Waals surface area contributed by atoms with Crippen LogP contribution in [0.25, 0.3) is 0 Å². The number of carbonyl (C=O) groups is 1. The highest BCUT2D eigenvalue weighted by atomic mass is 31.1. The smallest absolute Gasteiger partial charge is 0.369 e. The van der Waals surface area contributed by atoms with E-state index < -0.39 is 14.2 Å². The standard InChI is InChI=1S/C6H13O4P/c1-4-9-11(8)10-6(7)5(2)3/h5,11H,4H2,1-3H3. The van der Waals surface area contributed by atoms with Gasteiger partial charge in [-0.25, -0.2) is 4.57 Å². The van der Waals surface area contributed by atoms with E-state index in [1.54, 1.807) is 20.8 Å². The minimum atomic E-state index is -2.58. The predicted octanol–water partition coefficient (Wildman–Crippen LogP) is 1.61. The summed E-state index contributed by atoms with van der Waals surface area (Å²) in [4.78, 5) is 10.8. The van der Waals surface area contributed by atoms with Crippen LogP contribution in [0, 0.1) is 5.92 Å². The molecule has 11 heavy (non-hydrogen) atoms. The zero-order valence-electron chi connectivity index (χ0n) is 6.92. The van der Waals surface area contributed by atoms with Crippen LogP contribution in [0.2, 0.25) is 0 Å². The molecule has 0 aliphatic rings. The van der Waals surface area contributed by atoms with Crippen molar-refractivity contribution in [1.29, 1.82) is 0 Å². The molecule has 0 saturated carbocycles. The molecule has 1 unspecified atom stereocenters. The summed E-state index contributed by atoms with van der Waals surface area (Å²) in [7, 11) is -2.58. The predicted molar refractivity (Wildman–Crippen MR) is 41.6 cm³/mol. The summed E-state index contributed by atoms with van der Waals surface area (Å²) in [6.45, 7) is 5.32. The molecule has 5 heteroatoms. The van der Waals surface area contributed by atoms with Crippen LogP contribution in [0.3, 0.4) is 0 Å². The van der Waals surface area contributed by atoms with Gasteiger partial charge in [-0.15, -0.1) is 0 Å². The third-order valence-corrected chi connectivity index (χ3v) is 1.81. The number of rotatable bonds is 4. The van der Waals surface area contributed by atoms with Crippen molar-refractivity contribution in [1.82, 2.24) is 0 Å². The van der Waals surface area contributed by atoms with E-state index in [0.29, 0.717) is 6.61 Å². The van der Waals surface area contributed by atoms with Gasteiger partial charge in [0.1, 0.15) is 0 Å². The molecule has 1 atom stereocenters. The summed E-state index contributed by atoms with van der Waals surface area (Å²) >= 11 is 0. The van der Waals surface area contributed by atoms with Gasteiger partial charge >= 0.3 is 14.2 Å². The number of hydrogen-bond donors (Lipinski definition) is 0. The summed E-state index contributed by atoms with van der Waals surface area (Å²) in [6.07, 6.45) is 0. The molecule has 0 aliphatic heterocycles. The number of hydrogen-bond acceptors (Lipinski definition) is 4. The van der Waals surface area contributed by atoms with Gasteiger partial charge in [-0.05, 0) is 6.92 Å². The second-order valence-electron chi connectivity index (χ2n) is 2.26. The van der Waals surface area contributed by atoms with Crippen LogP contribution in [-0.4, -0.2) is 12.6 Å². The zero-order chi connectivity index (χ0) is 8.85. The molecule has 0 saturated heterocycles. The van der Waals surface area contributed by atoms with Crippen molar-refractivity contribution >= 4 is 14.2 Å². The Morgan fingerprint density at radius 1 is 1.55 bits per heavy atom. The van der Waals surface area contributed by atoms with E-state index in [9.17, 15) is 9.36 Å². The summed E-state index contributed by atoms with van der Waals surface area (Å²) in [6, 6.07) is 0. The van der Waals surface area contributed by atoms with E-state index in [-0.39, 0.29) is 5.92 Å². The fraction of sp³-hybridized carbons (Fsp3) is 0.833. The first-order valence-corrected chi connectivity index (χ1v) is 4.68. The van der Waals surface area contributed by atoms with Crippen LogP contribution in [-0.2, 0) is 18.4 Å².